The second-order valence-corrected chi connectivity index (χ2v) is 5.21. The Bertz CT molecular complexity index is 308. The van der Waals surface area contributed by atoms with Gasteiger partial charge in [-0.1, -0.05) is 13.3 Å². The molecule has 5 heteroatoms. The number of hydrogen-bond acceptors (Lipinski definition) is 3. The van der Waals surface area contributed by atoms with Gasteiger partial charge in [0.15, 0.2) is 0 Å². The molecule has 0 radical (unpaired) electrons. The van der Waals surface area contributed by atoms with Crippen LogP contribution in [0.15, 0.2) is 0 Å². The Kier molecular flexibility index (Phi) is 3.17. The summed E-state index contributed by atoms with van der Waals surface area (Å²) in [7, 11) is 0. The van der Waals surface area contributed by atoms with Crippen molar-refractivity contribution in [1.82, 2.24) is 5.32 Å². The molecule has 1 saturated carbocycles. The first kappa shape index (κ1) is 12.8. The molecule has 2 atom stereocenters. The molecule has 0 spiro atoms. The number of hydrogen-bond donors (Lipinski definition) is 2. The summed E-state index contributed by atoms with van der Waals surface area (Å²) in [5.41, 5.74) is -1.71. The fraction of sp³-hybridized carbons (Fsp3) is 0.818. The maximum Gasteiger partial charge on any atom is 0.408 e. The van der Waals surface area contributed by atoms with Crippen LogP contribution in [0.3, 0.4) is 0 Å². The summed E-state index contributed by atoms with van der Waals surface area (Å²) in [6.07, 6.45) is 0.561. The second kappa shape index (κ2) is 3.96. The van der Waals surface area contributed by atoms with Gasteiger partial charge in [0, 0.05) is 0 Å². The zero-order valence-electron chi connectivity index (χ0n) is 10.2. The van der Waals surface area contributed by atoms with Crippen molar-refractivity contribution in [2.24, 2.45) is 5.92 Å². The van der Waals surface area contributed by atoms with Crippen LogP contribution in [0.4, 0.5) is 4.79 Å². The van der Waals surface area contributed by atoms with Crippen molar-refractivity contribution in [3.63, 3.8) is 0 Å². The molecule has 0 aromatic carbocycles. The van der Waals surface area contributed by atoms with E-state index in [9.17, 15) is 9.59 Å². The first-order valence-electron chi connectivity index (χ1n) is 5.46. The van der Waals surface area contributed by atoms with Gasteiger partial charge < -0.3 is 15.2 Å². The van der Waals surface area contributed by atoms with Gasteiger partial charge in [-0.3, -0.25) is 0 Å². The van der Waals surface area contributed by atoms with Crippen LogP contribution in [0, 0.1) is 5.92 Å². The summed E-state index contributed by atoms with van der Waals surface area (Å²) >= 11 is 0. The molecule has 0 aromatic rings. The van der Waals surface area contributed by atoms with Crippen molar-refractivity contribution in [3.05, 3.63) is 0 Å². The fourth-order valence-electron chi connectivity index (χ4n) is 1.78. The number of rotatable bonds is 3. The van der Waals surface area contributed by atoms with E-state index in [1.54, 1.807) is 20.8 Å². The molecule has 1 fully saturated rings. The summed E-state index contributed by atoms with van der Waals surface area (Å²) in [5, 5.41) is 11.5. The minimum absolute atomic E-state index is 0.0116. The lowest BCUT2D eigenvalue weighted by Crippen LogP contribution is -2.46. The number of amides is 1. The standard InChI is InChI=1S/C11H19NO4/c1-5-7-6-11(7,8(13)14)12-9(15)16-10(2,3)4/h7H,5-6H2,1-4H3,(H,12,15)(H,13,14)/t7-,11-/m1/s1. The topological polar surface area (TPSA) is 75.6 Å². The molecule has 0 bridgehead atoms. The molecule has 1 aliphatic carbocycles. The lowest BCUT2D eigenvalue weighted by molar-refractivity contribution is -0.141. The predicted octanol–water partition coefficient (Wildman–Crippen LogP) is 1.76. The second-order valence-electron chi connectivity index (χ2n) is 5.21. The van der Waals surface area contributed by atoms with Crippen molar-refractivity contribution in [2.45, 2.75) is 51.7 Å². The third-order valence-corrected chi connectivity index (χ3v) is 2.70. The Hall–Kier alpha value is -1.26. The van der Waals surface area contributed by atoms with Crippen LogP contribution in [-0.2, 0) is 9.53 Å². The average Bonchev–Trinajstić information content (AvgIpc) is 2.76. The van der Waals surface area contributed by atoms with Gasteiger partial charge in [-0.05, 0) is 33.1 Å². The van der Waals surface area contributed by atoms with Gasteiger partial charge in [0.1, 0.15) is 11.1 Å². The highest BCUT2D eigenvalue weighted by atomic mass is 16.6. The van der Waals surface area contributed by atoms with Crippen molar-refractivity contribution in [1.29, 1.82) is 0 Å². The number of carbonyl (C=O) groups is 2. The maximum atomic E-state index is 11.5. The smallest absolute Gasteiger partial charge is 0.408 e. The third-order valence-electron chi connectivity index (χ3n) is 2.70. The summed E-state index contributed by atoms with van der Waals surface area (Å²) in [4.78, 5) is 22.6. The van der Waals surface area contributed by atoms with Gasteiger partial charge in [0.25, 0.3) is 0 Å². The number of carboxylic acid groups (broad SMARTS) is 1. The van der Waals surface area contributed by atoms with Crippen LogP contribution < -0.4 is 5.32 Å². The molecule has 0 saturated heterocycles. The Labute approximate surface area is 95.2 Å². The summed E-state index contributed by atoms with van der Waals surface area (Å²) in [6.45, 7) is 7.13. The van der Waals surface area contributed by atoms with Crippen molar-refractivity contribution in [3.8, 4) is 0 Å². The van der Waals surface area contributed by atoms with Gasteiger partial charge in [0.2, 0.25) is 0 Å². The van der Waals surface area contributed by atoms with Crippen LogP contribution in [-0.4, -0.2) is 28.3 Å². The zero-order valence-corrected chi connectivity index (χ0v) is 10.2. The van der Waals surface area contributed by atoms with E-state index in [-0.39, 0.29) is 5.92 Å². The van der Waals surface area contributed by atoms with Gasteiger partial charge >= 0.3 is 12.1 Å². The van der Waals surface area contributed by atoms with Crippen LogP contribution >= 0.6 is 0 Å². The monoisotopic (exact) mass is 229 g/mol. The number of carboxylic acids is 1. The molecule has 1 aliphatic rings. The van der Waals surface area contributed by atoms with E-state index < -0.39 is 23.2 Å². The molecule has 0 aliphatic heterocycles. The highest BCUT2D eigenvalue weighted by Crippen LogP contribution is 2.46. The van der Waals surface area contributed by atoms with Gasteiger partial charge in [-0.25, -0.2) is 9.59 Å². The molecule has 0 aromatic heterocycles. The normalized spacial score (nSPS) is 28.4. The highest BCUT2D eigenvalue weighted by Gasteiger charge is 2.61. The molecule has 92 valence electrons. The highest BCUT2D eigenvalue weighted by molar-refractivity contribution is 5.88. The lowest BCUT2D eigenvalue weighted by Gasteiger charge is -2.22. The number of carbonyl (C=O) groups excluding carboxylic acids is 1. The Morgan fingerprint density at radius 1 is 1.50 bits per heavy atom. The average molecular weight is 229 g/mol. The largest absolute Gasteiger partial charge is 0.479 e. The first-order chi connectivity index (χ1) is 7.21. The van der Waals surface area contributed by atoms with Gasteiger partial charge in [0.05, 0.1) is 0 Å². The summed E-state index contributed by atoms with van der Waals surface area (Å²) in [6, 6.07) is 0. The maximum absolute atomic E-state index is 11.5. The van der Waals surface area contributed by atoms with E-state index >= 15 is 0 Å². The number of alkyl carbamates (subject to hydrolysis) is 1. The Morgan fingerprint density at radius 2 is 2.06 bits per heavy atom. The number of ether oxygens (including phenoxy) is 1. The molecular weight excluding hydrogens is 210 g/mol. The molecule has 0 unspecified atom stereocenters. The lowest BCUT2D eigenvalue weighted by atomic mass is 10.1. The first-order valence-corrected chi connectivity index (χ1v) is 5.46. The van der Waals surface area contributed by atoms with Crippen LogP contribution in [0.5, 0.6) is 0 Å². The molecule has 5 nitrogen and oxygen atoms in total. The SMILES string of the molecule is CC[C@@H]1C[C@]1(NC(=O)OC(C)(C)C)C(=O)O. The van der Waals surface area contributed by atoms with E-state index in [1.807, 2.05) is 6.92 Å². The van der Waals surface area contributed by atoms with E-state index in [4.69, 9.17) is 9.84 Å². The number of nitrogens with one attached hydrogen (secondary N) is 1. The number of aliphatic carboxylic acids is 1. The minimum atomic E-state index is -1.10. The molecule has 1 amide bonds. The molecule has 0 heterocycles. The molecule has 2 N–H and O–H groups in total. The van der Waals surface area contributed by atoms with Crippen molar-refractivity contribution >= 4 is 12.1 Å². The quantitative estimate of drug-likeness (QED) is 0.773. The van der Waals surface area contributed by atoms with E-state index in [2.05, 4.69) is 5.32 Å². The minimum Gasteiger partial charge on any atom is -0.479 e. The molecule has 16 heavy (non-hydrogen) atoms. The van der Waals surface area contributed by atoms with Gasteiger partial charge in [-0.2, -0.15) is 0 Å². The van der Waals surface area contributed by atoms with Crippen molar-refractivity contribution in [2.75, 3.05) is 0 Å². The predicted molar refractivity (Wildman–Crippen MR) is 58.1 cm³/mol. The fourth-order valence-corrected chi connectivity index (χ4v) is 1.78. The van der Waals surface area contributed by atoms with E-state index in [1.165, 1.54) is 0 Å². The van der Waals surface area contributed by atoms with E-state index in [0.717, 1.165) is 6.42 Å². The molecule has 1 rings (SSSR count). The Morgan fingerprint density at radius 3 is 2.38 bits per heavy atom. The Balaban J connectivity index is 2.59. The van der Waals surface area contributed by atoms with Crippen LogP contribution in [0.2, 0.25) is 0 Å². The van der Waals surface area contributed by atoms with Gasteiger partial charge in [-0.15, -0.1) is 0 Å². The summed E-state index contributed by atoms with van der Waals surface area (Å²) in [5.74, 6) is -0.970. The van der Waals surface area contributed by atoms with Crippen molar-refractivity contribution < 1.29 is 19.4 Å². The summed E-state index contributed by atoms with van der Waals surface area (Å²) < 4.78 is 5.04. The zero-order chi connectivity index (χ0) is 12.6. The molecular formula is C11H19NO4. The van der Waals surface area contributed by atoms with Crippen LogP contribution in [0.25, 0.3) is 0 Å². The third kappa shape index (κ3) is 2.65. The van der Waals surface area contributed by atoms with Crippen LogP contribution in [0.1, 0.15) is 40.5 Å². The van der Waals surface area contributed by atoms with E-state index in [0.29, 0.717) is 6.42 Å².